The molecule has 0 spiro atoms. The van der Waals surface area contributed by atoms with Crippen molar-refractivity contribution in [3.8, 4) is 91.1 Å². The topological polar surface area (TPSA) is 706 Å². The molecule has 12 rings (SSSR count). The monoisotopic (exact) mass is 1660 g/mol. The Morgan fingerprint density at radius 3 is 0.541 bits per heavy atom. The van der Waals surface area contributed by atoms with Crippen molar-refractivity contribution >= 4 is 0 Å². The van der Waals surface area contributed by atoms with Crippen molar-refractivity contribution in [2.24, 2.45) is 0 Å². The fraction of sp³-hybridized carbons (Fsp3) is 0. The van der Waals surface area contributed by atoms with Crippen molar-refractivity contribution in [3.05, 3.63) is 244 Å². The molecule has 0 saturated carbocycles. The van der Waals surface area contributed by atoms with E-state index in [1.807, 2.05) is 194 Å². The van der Waals surface area contributed by atoms with Crippen molar-refractivity contribution in [1.29, 1.82) is 0 Å². The summed E-state index contributed by atoms with van der Waals surface area (Å²) >= 11 is 0. The van der Waals surface area contributed by atoms with Gasteiger partial charge in [0.2, 0.25) is 0 Å². The normalized spacial score (nSPS) is 9.80. The molecule has 0 aliphatic heterocycles. The van der Waals surface area contributed by atoms with Gasteiger partial charge in [-0.2, -0.15) is 0 Å². The standard InChI is InChI=1S/2C15H11N3.2C13H9N4.4ClHO4.4H2O.O.2Ru.Zn/c2*1-3-10-16-12(6-1)14-8-5-9-15(18-14)13-7-2-4-11-17-13;2*1-3-7-14-10(5-1)12-9-13(17-16-12)11-6-2-4-8-15-11;4*2-1(3,4)5;;;;;;;;/h2*1-11H;2*1-9H;4*(H,2,3,4,5);4*1H2;;;;/q;;2*-1;;;;;;;;;-2;2*+3;+2/p-4. The van der Waals surface area contributed by atoms with Crippen LogP contribution in [0.25, 0.3) is 91.1 Å². The van der Waals surface area contributed by atoms with Gasteiger partial charge in [-0.1, -0.05) is 72.1 Å². The second-order valence-corrected chi connectivity index (χ2v) is 19.3. The van der Waals surface area contributed by atoms with Crippen LogP contribution in [0.4, 0.5) is 0 Å². The number of halogens is 4. The molecule has 12 heterocycles. The van der Waals surface area contributed by atoms with Gasteiger partial charge in [-0.25, -0.2) is 84.5 Å². The van der Waals surface area contributed by atoms with Gasteiger partial charge in [0.1, 0.15) is 0 Å². The number of nitrogens with zero attached hydrogens (tertiary/aromatic N) is 14. The van der Waals surface area contributed by atoms with Gasteiger partial charge in [0.15, 0.2) is 0 Å². The molecule has 2 radical (unpaired) electrons. The van der Waals surface area contributed by atoms with Gasteiger partial charge in [-0.3, -0.25) is 39.9 Å². The fourth-order valence-corrected chi connectivity index (χ4v) is 6.64. The number of hydrogen-bond acceptors (Lipinski definition) is 28. The predicted octanol–water partition coefficient (Wildman–Crippen LogP) is -11.7. The Kier molecular flexibility index (Phi) is 48.8. The summed E-state index contributed by atoms with van der Waals surface area (Å²) in [5.41, 5.74) is 13.3. The average Bonchev–Trinajstić information content (AvgIpc) is 1.32. The molecule has 0 aliphatic carbocycles. The van der Waals surface area contributed by atoms with Crippen LogP contribution in [0.3, 0.4) is 0 Å². The zero-order valence-corrected chi connectivity index (χ0v) is 58.7. The second kappa shape index (κ2) is 49.6. The Hall–Kier alpha value is -7.89. The van der Waals surface area contributed by atoms with Crippen LogP contribution in [0.15, 0.2) is 244 Å². The average molecular weight is 1660 g/mol. The quantitative estimate of drug-likeness (QED) is 0.127. The van der Waals surface area contributed by atoms with Crippen molar-refractivity contribution < 1.29 is 201 Å². The van der Waals surface area contributed by atoms with Crippen LogP contribution in [0.1, 0.15) is 0 Å². The first-order chi connectivity index (χ1) is 42.7. The Labute approximate surface area is 602 Å². The van der Waals surface area contributed by atoms with E-state index in [1.54, 1.807) is 49.6 Å². The molecule has 0 aliphatic rings. The molecule has 514 valence electrons. The third-order valence-corrected chi connectivity index (χ3v) is 9.99. The molecular weight excluding hydrogens is 1610 g/mol. The summed E-state index contributed by atoms with van der Waals surface area (Å²) < 4.78 is 136. The molecule has 35 nitrogen and oxygen atoms in total. The first kappa shape index (κ1) is 96.5. The van der Waals surface area contributed by atoms with E-state index in [2.05, 4.69) is 70.2 Å². The van der Waals surface area contributed by atoms with E-state index in [9.17, 15) is 0 Å². The van der Waals surface area contributed by atoms with E-state index in [-0.39, 0.29) is 85.8 Å². The van der Waals surface area contributed by atoms with Gasteiger partial charge < -0.3 is 47.8 Å². The predicted molar refractivity (Wildman–Crippen MR) is 285 cm³/mol. The summed E-state index contributed by atoms with van der Waals surface area (Å²) in [6.07, 6.45) is 14.0. The van der Waals surface area contributed by atoms with Crippen molar-refractivity contribution in [2.45, 2.75) is 0 Å². The Balaban J connectivity index is -0.000000536. The molecule has 98 heavy (non-hydrogen) atoms. The smallest absolute Gasteiger partial charge is 2.00 e. The summed E-state index contributed by atoms with van der Waals surface area (Å²) in [4.78, 5) is 43.3. The Morgan fingerprint density at radius 1 is 0.224 bits per heavy atom. The maximum atomic E-state index is 8.49. The van der Waals surface area contributed by atoms with E-state index < -0.39 is 41.0 Å². The van der Waals surface area contributed by atoms with E-state index in [1.165, 1.54) is 0 Å². The van der Waals surface area contributed by atoms with Crippen molar-refractivity contribution in [1.82, 2.24) is 70.2 Å². The number of aromatic nitrogens is 14. The third kappa shape index (κ3) is 42.0. The van der Waals surface area contributed by atoms with E-state index in [4.69, 9.17) is 74.5 Å². The summed E-state index contributed by atoms with van der Waals surface area (Å²) in [5, 5.41) is 16.4. The minimum atomic E-state index is -4.94. The molecule has 0 atom stereocenters. The molecule has 0 amide bonds. The van der Waals surface area contributed by atoms with Gasteiger partial charge in [-0.05, 0) is 133 Å². The van der Waals surface area contributed by atoms with Crippen LogP contribution >= 0.6 is 0 Å². The van der Waals surface area contributed by atoms with Gasteiger partial charge in [0.25, 0.3) is 0 Å². The van der Waals surface area contributed by atoms with E-state index in [0.717, 1.165) is 91.1 Å². The van der Waals surface area contributed by atoms with Crippen LogP contribution in [0.2, 0.25) is 0 Å². The minimum Gasteiger partial charge on any atom is -2.00 e. The zero-order valence-electron chi connectivity index (χ0n) is 49.2. The molecule has 42 heteroatoms. The molecule has 12 aromatic heterocycles. The van der Waals surface area contributed by atoms with Gasteiger partial charge >= 0.3 is 58.4 Å². The van der Waals surface area contributed by atoms with Crippen LogP contribution in [-0.2, 0) is 63.9 Å². The number of pyridine rings is 10. The molecule has 0 saturated heterocycles. The first-order valence-electron chi connectivity index (χ1n) is 24.5. The van der Waals surface area contributed by atoms with Gasteiger partial charge in [0.05, 0.1) is 68.3 Å². The van der Waals surface area contributed by atoms with Crippen molar-refractivity contribution in [2.75, 3.05) is 0 Å². The van der Waals surface area contributed by atoms with E-state index in [0.29, 0.717) is 0 Å². The summed E-state index contributed by atoms with van der Waals surface area (Å²) in [6, 6.07) is 61.6. The first-order valence-corrected chi connectivity index (χ1v) is 29.4. The maximum Gasteiger partial charge on any atom is 3.00 e. The van der Waals surface area contributed by atoms with Gasteiger partial charge in [-0.15, -0.1) is 41.0 Å². The fourth-order valence-electron chi connectivity index (χ4n) is 6.64. The largest absolute Gasteiger partial charge is 3.00 e. The molecular formula is C56H48Cl4N14O21Ru2Zn. The second-order valence-electron chi connectivity index (χ2n) is 16.3. The zero-order chi connectivity index (χ0) is 65.4. The van der Waals surface area contributed by atoms with E-state index >= 15 is 0 Å². The minimum absolute atomic E-state index is 0. The molecule has 8 N–H and O–H groups in total. The summed E-state index contributed by atoms with van der Waals surface area (Å²) in [7, 11) is -19.8. The van der Waals surface area contributed by atoms with Gasteiger partial charge in [0, 0.05) is 61.0 Å². The molecule has 0 unspecified atom stereocenters. The Bertz CT molecular complexity index is 3410. The Morgan fingerprint density at radius 2 is 0.378 bits per heavy atom. The van der Waals surface area contributed by atoms with Crippen LogP contribution < -0.4 is 84.7 Å². The maximum absolute atomic E-state index is 8.49. The summed E-state index contributed by atoms with van der Waals surface area (Å²) in [6.45, 7) is 0. The van der Waals surface area contributed by atoms with Crippen LogP contribution in [-0.4, -0.2) is 81.9 Å². The van der Waals surface area contributed by atoms with Crippen LogP contribution in [0.5, 0.6) is 0 Å². The number of hydrogen-bond donors (Lipinski definition) is 0. The molecule has 12 aromatic rings. The molecule has 0 aromatic carbocycles. The summed E-state index contributed by atoms with van der Waals surface area (Å²) in [5.74, 6) is 0. The third-order valence-electron chi connectivity index (χ3n) is 9.99. The van der Waals surface area contributed by atoms with Crippen LogP contribution in [0, 0.1) is 41.0 Å². The number of rotatable bonds is 8. The molecule has 0 bridgehead atoms. The van der Waals surface area contributed by atoms with Crippen molar-refractivity contribution in [3.63, 3.8) is 0 Å². The SMILES string of the molecule is O.O.O.O.[O-2].[O-][Cl+3]([O-])([O-])[O-].[O-][Cl+3]([O-])([O-])[O-].[O-][Cl+3]([O-])([O-])[O-].[O-][Cl+3]([O-])([O-])[O-].[Ru+3].[Ru+3].[Zn+2].c1ccc(-c2cc(-c3ccccn3)[n-]n2)nc1.c1ccc(-c2cc(-c3ccccn3)[n-]n2)nc1.c1ccc(-c2cccc(-c3ccccn3)n2)nc1.c1ccc(-c2cccc(-c3ccccn3)n2)nc1. The molecule has 0 fully saturated rings.